The van der Waals surface area contributed by atoms with Crippen molar-refractivity contribution in [2.24, 2.45) is 10.2 Å². The van der Waals surface area contributed by atoms with Crippen LogP contribution in [0, 0.1) is 18.6 Å². The summed E-state index contributed by atoms with van der Waals surface area (Å²) in [5.74, 6) is -2.07. The van der Waals surface area contributed by atoms with Crippen LogP contribution in [-0.4, -0.2) is 34.2 Å². The number of fused-ring (bicyclic) bond motifs is 2. The van der Waals surface area contributed by atoms with E-state index < -0.39 is 23.4 Å². The van der Waals surface area contributed by atoms with Crippen LogP contribution in [0.2, 0.25) is 0 Å². The van der Waals surface area contributed by atoms with Crippen LogP contribution in [0.25, 0.3) is 21.8 Å². The molecule has 0 aliphatic rings. The normalized spacial score (nSPS) is 11.7. The number of aromatic nitrogens is 2. The molecule has 2 aromatic heterocycles. The maximum absolute atomic E-state index is 14.0. The Labute approximate surface area is 285 Å². The van der Waals surface area contributed by atoms with Crippen LogP contribution in [0.3, 0.4) is 0 Å². The van der Waals surface area contributed by atoms with Crippen LogP contribution in [0.5, 0.6) is 0 Å². The number of nitrogens with zero attached hydrogens (tertiary/aromatic N) is 2. The van der Waals surface area contributed by atoms with Crippen molar-refractivity contribution in [2.45, 2.75) is 12.8 Å². The van der Waals surface area contributed by atoms with Gasteiger partial charge in [-0.15, -0.1) is 0 Å². The molecule has 0 aliphatic carbocycles. The van der Waals surface area contributed by atoms with E-state index in [0.29, 0.717) is 11.1 Å². The largest absolute Gasteiger partial charge is 0.361 e. The van der Waals surface area contributed by atoms with Gasteiger partial charge < -0.3 is 9.97 Å². The van der Waals surface area contributed by atoms with E-state index in [1.807, 2.05) is 43.6 Å². The number of carbonyl (C=O) groups is 2. The van der Waals surface area contributed by atoms with Gasteiger partial charge >= 0.3 is 0 Å². The van der Waals surface area contributed by atoms with Gasteiger partial charge in [-0.25, -0.2) is 19.6 Å². The van der Waals surface area contributed by atoms with Crippen molar-refractivity contribution in [1.82, 2.24) is 20.8 Å². The maximum atomic E-state index is 14.0. The molecule has 2 heterocycles. The Morgan fingerprint density at radius 3 is 1.56 bits per heavy atom. The fraction of sp³-hybridized carbons (Fsp3) is 0.0500. The third-order valence-corrected chi connectivity index (χ3v) is 8.53. The summed E-state index contributed by atoms with van der Waals surface area (Å²) in [4.78, 5) is 33.0. The highest BCUT2D eigenvalue weighted by Crippen LogP contribution is 2.40. The van der Waals surface area contributed by atoms with Crippen LogP contribution < -0.4 is 10.9 Å². The fourth-order valence-electron chi connectivity index (χ4n) is 5.94. The van der Waals surface area contributed by atoms with E-state index in [0.717, 1.165) is 44.1 Å². The minimum absolute atomic E-state index is 0.256. The molecule has 246 valence electrons. The highest BCUT2D eigenvalue weighted by atomic mass is 19.1. The average Bonchev–Trinajstić information content (AvgIpc) is 3.75. The first-order valence-corrected chi connectivity index (χ1v) is 15.8. The van der Waals surface area contributed by atoms with Crippen LogP contribution in [0.1, 0.15) is 60.0 Å². The molecule has 2 amide bonds. The summed E-state index contributed by atoms with van der Waals surface area (Å²) in [5, 5.41) is 9.57. The fourth-order valence-corrected chi connectivity index (χ4v) is 5.94. The summed E-state index contributed by atoms with van der Waals surface area (Å²) in [7, 11) is 0. The molecule has 10 heteroatoms. The number of aromatic amines is 2. The van der Waals surface area contributed by atoms with Crippen LogP contribution in [-0.2, 0) is 0 Å². The van der Waals surface area contributed by atoms with E-state index in [2.05, 4.69) is 43.2 Å². The molecule has 0 atom stereocenters. The Hall–Kier alpha value is -6.68. The second-order valence-electron chi connectivity index (χ2n) is 11.8. The molecule has 4 N–H and O–H groups in total. The number of nitrogens with one attached hydrogen (secondary N) is 4. The van der Waals surface area contributed by atoms with E-state index in [4.69, 9.17) is 0 Å². The average molecular weight is 665 g/mol. The molecule has 0 unspecified atom stereocenters. The van der Waals surface area contributed by atoms with Crippen molar-refractivity contribution < 1.29 is 18.4 Å². The zero-order valence-corrected chi connectivity index (χ0v) is 26.7. The van der Waals surface area contributed by atoms with Crippen molar-refractivity contribution >= 4 is 46.0 Å². The van der Waals surface area contributed by atoms with Gasteiger partial charge in [0.15, 0.2) is 0 Å². The second kappa shape index (κ2) is 13.8. The van der Waals surface area contributed by atoms with Gasteiger partial charge in [-0.1, -0.05) is 66.2 Å². The highest BCUT2D eigenvalue weighted by molar-refractivity contribution is 6.01. The Balaban J connectivity index is 1.23. The van der Waals surface area contributed by atoms with E-state index in [1.54, 1.807) is 60.7 Å². The molecule has 0 radical (unpaired) electrons. The Kier molecular flexibility index (Phi) is 8.81. The molecule has 0 bridgehead atoms. The van der Waals surface area contributed by atoms with Gasteiger partial charge in [-0.05, 0) is 72.1 Å². The third kappa shape index (κ3) is 6.54. The lowest BCUT2D eigenvalue weighted by atomic mass is 9.84. The monoisotopic (exact) mass is 664 g/mol. The molecule has 7 aromatic rings. The van der Waals surface area contributed by atoms with Crippen LogP contribution in [0.15, 0.2) is 132 Å². The lowest BCUT2D eigenvalue weighted by molar-refractivity contribution is 0.0947. The molecule has 0 saturated carbocycles. The van der Waals surface area contributed by atoms with Gasteiger partial charge in [0.25, 0.3) is 11.8 Å². The number of H-pyrrole nitrogens is 2. The SMILES string of the molecule is Cc1ccc(C(c2c[nH]c3ccc(C(=O)N/N=C/c4ccccc4F)cc23)c2c[nH]c3ccc(C(=O)N/N=C/c4ccccc4F)cc23)cc1. The predicted molar refractivity (Wildman–Crippen MR) is 192 cm³/mol. The van der Waals surface area contributed by atoms with Crippen molar-refractivity contribution in [3.8, 4) is 0 Å². The summed E-state index contributed by atoms with van der Waals surface area (Å²) in [6.07, 6.45) is 6.39. The zero-order chi connectivity index (χ0) is 34.6. The Morgan fingerprint density at radius 1 is 0.640 bits per heavy atom. The van der Waals surface area contributed by atoms with Crippen LogP contribution in [0.4, 0.5) is 8.78 Å². The van der Waals surface area contributed by atoms with Crippen molar-refractivity contribution in [2.75, 3.05) is 0 Å². The number of aryl methyl sites for hydroxylation is 1. The number of hydrazone groups is 2. The molecule has 0 saturated heterocycles. The number of hydrogen-bond donors (Lipinski definition) is 4. The van der Waals surface area contributed by atoms with Gasteiger partial charge in [0.1, 0.15) is 11.6 Å². The van der Waals surface area contributed by atoms with Gasteiger partial charge in [0, 0.05) is 62.4 Å². The number of amides is 2. The molecule has 5 aromatic carbocycles. The first-order chi connectivity index (χ1) is 24.4. The molecule has 7 rings (SSSR count). The first kappa shape index (κ1) is 31.9. The second-order valence-corrected chi connectivity index (χ2v) is 11.8. The minimum Gasteiger partial charge on any atom is -0.361 e. The van der Waals surface area contributed by atoms with E-state index in [-0.39, 0.29) is 17.0 Å². The summed E-state index contributed by atoms with van der Waals surface area (Å²) < 4.78 is 28.0. The zero-order valence-electron chi connectivity index (χ0n) is 26.7. The van der Waals surface area contributed by atoms with E-state index >= 15 is 0 Å². The summed E-state index contributed by atoms with van der Waals surface area (Å²) >= 11 is 0. The Bertz CT molecular complexity index is 2280. The van der Waals surface area contributed by atoms with E-state index in [1.165, 1.54) is 24.6 Å². The lowest BCUT2D eigenvalue weighted by Crippen LogP contribution is -2.17. The molecule has 0 fully saturated rings. The van der Waals surface area contributed by atoms with Gasteiger partial charge in [0.2, 0.25) is 0 Å². The molecule has 0 aliphatic heterocycles. The maximum Gasteiger partial charge on any atom is 0.271 e. The van der Waals surface area contributed by atoms with Gasteiger partial charge in [-0.3, -0.25) is 9.59 Å². The summed E-state index contributed by atoms with van der Waals surface area (Å²) in [5.41, 5.74) is 11.9. The molecule has 8 nitrogen and oxygen atoms in total. The lowest BCUT2D eigenvalue weighted by Gasteiger charge is -2.18. The highest BCUT2D eigenvalue weighted by Gasteiger charge is 2.24. The Morgan fingerprint density at radius 2 is 1.10 bits per heavy atom. The van der Waals surface area contributed by atoms with E-state index in [9.17, 15) is 18.4 Å². The number of benzene rings is 5. The topological polar surface area (TPSA) is 114 Å². The van der Waals surface area contributed by atoms with Crippen molar-refractivity contribution in [3.05, 3.63) is 178 Å². The standard InChI is InChI=1S/C40H30F2N6O2/c1-24-10-12-25(13-11-24)38(32-22-43-36-16-14-26(18-30(32)36)39(49)47-45-20-28-6-2-4-8-34(28)41)33-23-44-37-17-15-27(19-31(33)37)40(50)48-46-21-29-7-3-5-9-35(29)42/h2-23,38,43-44H,1H3,(H,47,49)(H,48,50)/b45-20+,46-21+. The molecule has 50 heavy (non-hydrogen) atoms. The number of carbonyl (C=O) groups excluding carboxylic acids is 2. The number of hydrogen-bond acceptors (Lipinski definition) is 4. The smallest absolute Gasteiger partial charge is 0.271 e. The van der Waals surface area contributed by atoms with Gasteiger partial charge in [0.05, 0.1) is 12.4 Å². The van der Waals surface area contributed by atoms with Crippen LogP contribution >= 0.6 is 0 Å². The summed E-state index contributed by atoms with van der Waals surface area (Å²) in [6.45, 7) is 2.02. The first-order valence-electron chi connectivity index (χ1n) is 15.8. The molecule has 0 spiro atoms. The van der Waals surface area contributed by atoms with Gasteiger partial charge in [-0.2, -0.15) is 10.2 Å². The number of halogens is 2. The predicted octanol–water partition coefficient (Wildman–Crippen LogP) is 7.94. The number of rotatable bonds is 9. The summed E-state index contributed by atoms with van der Waals surface area (Å²) in [6, 6.07) is 31.2. The third-order valence-electron chi connectivity index (χ3n) is 8.53. The van der Waals surface area contributed by atoms with Crippen molar-refractivity contribution in [1.29, 1.82) is 0 Å². The molecular formula is C40H30F2N6O2. The quantitative estimate of drug-likeness (QED) is 0.0927. The van der Waals surface area contributed by atoms with Crippen molar-refractivity contribution in [3.63, 3.8) is 0 Å². The molecular weight excluding hydrogens is 634 g/mol. The minimum atomic E-state index is -0.445.